The molecule has 0 aliphatic carbocycles. The van der Waals surface area contributed by atoms with Gasteiger partial charge in [-0.1, -0.05) is 29.8 Å². The van der Waals surface area contributed by atoms with Crippen LogP contribution in [-0.2, 0) is 14.3 Å². The van der Waals surface area contributed by atoms with Crippen LogP contribution in [0.1, 0.15) is 13.3 Å². The van der Waals surface area contributed by atoms with E-state index in [-0.39, 0.29) is 30.2 Å². The molecule has 0 saturated heterocycles. The number of phenols is 1. The van der Waals surface area contributed by atoms with Gasteiger partial charge in [0.25, 0.3) is 0 Å². The van der Waals surface area contributed by atoms with Gasteiger partial charge in [0.2, 0.25) is 5.91 Å². The molecule has 0 fully saturated rings. The molecule has 2 N–H and O–H groups in total. The zero-order chi connectivity index (χ0) is 19.4. The predicted molar refractivity (Wildman–Crippen MR) is 103 cm³/mol. The number of benzene rings is 2. The van der Waals surface area contributed by atoms with E-state index in [1.54, 1.807) is 19.1 Å². The summed E-state index contributed by atoms with van der Waals surface area (Å²) in [7, 11) is 0. The van der Waals surface area contributed by atoms with Crippen LogP contribution in [0.3, 0.4) is 0 Å². The fraction of sp³-hybridized carbons (Fsp3) is 0.211. The number of hydrazone groups is 1. The van der Waals surface area contributed by atoms with E-state index in [1.807, 2.05) is 18.2 Å². The van der Waals surface area contributed by atoms with E-state index >= 15 is 0 Å². The molecule has 2 aromatic rings. The first kappa shape index (κ1) is 18.7. The van der Waals surface area contributed by atoms with Gasteiger partial charge < -0.3 is 15.2 Å². The van der Waals surface area contributed by atoms with E-state index in [4.69, 9.17) is 16.3 Å². The van der Waals surface area contributed by atoms with Crippen molar-refractivity contribution in [2.24, 2.45) is 5.10 Å². The Morgan fingerprint density at radius 3 is 2.74 bits per heavy atom. The van der Waals surface area contributed by atoms with Crippen molar-refractivity contribution in [2.75, 3.05) is 16.9 Å². The lowest BCUT2D eigenvalue weighted by Gasteiger charge is -2.23. The van der Waals surface area contributed by atoms with Gasteiger partial charge in [-0.3, -0.25) is 9.80 Å². The van der Waals surface area contributed by atoms with E-state index in [2.05, 4.69) is 10.4 Å². The summed E-state index contributed by atoms with van der Waals surface area (Å²) in [6, 6.07) is 12.6. The number of esters is 1. The second kappa shape index (κ2) is 8.09. The quantitative estimate of drug-likeness (QED) is 0.607. The van der Waals surface area contributed by atoms with Gasteiger partial charge >= 0.3 is 5.97 Å². The zero-order valence-electron chi connectivity index (χ0n) is 14.6. The highest BCUT2D eigenvalue weighted by atomic mass is 35.5. The van der Waals surface area contributed by atoms with E-state index in [9.17, 15) is 14.7 Å². The number of anilines is 2. The number of amides is 1. The summed E-state index contributed by atoms with van der Waals surface area (Å²) < 4.78 is 5.01. The molecule has 0 saturated carbocycles. The molecule has 1 aliphatic rings. The fourth-order valence-electron chi connectivity index (χ4n) is 2.70. The number of nitrogens with zero attached hydrogens (tertiary/aromatic N) is 2. The third kappa shape index (κ3) is 4.20. The summed E-state index contributed by atoms with van der Waals surface area (Å²) in [6.45, 7) is 1.92. The maximum atomic E-state index is 12.9. The molecule has 0 radical (unpaired) electrons. The van der Waals surface area contributed by atoms with Crippen molar-refractivity contribution in [1.82, 2.24) is 0 Å². The minimum absolute atomic E-state index is 0.0842. The summed E-state index contributed by atoms with van der Waals surface area (Å²) in [5, 5.41) is 18.7. The summed E-state index contributed by atoms with van der Waals surface area (Å²) in [5.41, 5.74) is 1.01. The number of phenolic OH excluding ortho intramolecular Hbond substituents is 1. The highest BCUT2D eigenvalue weighted by Gasteiger charge is 2.37. The Bertz CT molecular complexity index is 886. The first-order valence-electron chi connectivity index (χ1n) is 8.38. The number of ether oxygens (including phenoxy) is 1. The summed E-state index contributed by atoms with van der Waals surface area (Å²) in [4.78, 5) is 24.9. The number of carbonyl (C=O) groups excluding carboxylic acids is 2. The first-order valence-corrected chi connectivity index (χ1v) is 8.75. The lowest BCUT2D eigenvalue weighted by atomic mass is 10.1. The Kier molecular flexibility index (Phi) is 5.61. The number of carbonyl (C=O) groups is 2. The van der Waals surface area contributed by atoms with Crippen molar-refractivity contribution in [3.05, 3.63) is 53.6 Å². The topological polar surface area (TPSA) is 91.2 Å². The third-order valence-electron chi connectivity index (χ3n) is 3.96. The molecule has 0 spiro atoms. The summed E-state index contributed by atoms with van der Waals surface area (Å²) >= 11 is 5.93. The molecule has 1 atom stereocenters. The largest absolute Gasteiger partial charge is 0.506 e. The van der Waals surface area contributed by atoms with Crippen LogP contribution >= 0.6 is 11.6 Å². The van der Waals surface area contributed by atoms with Crippen molar-refractivity contribution in [1.29, 1.82) is 0 Å². The minimum atomic E-state index is -0.773. The van der Waals surface area contributed by atoms with Crippen molar-refractivity contribution >= 4 is 40.6 Å². The van der Waals surface area contributed by atoms with Crippen LogP contribution in [0, 0.1) is 0 Å². The number of nitrogens with one attached hydrogen (secondary N) is 1. The molecule has 140 valence electrons. The van der Waals surface area contributed by atoms with Crippen molar-refractivity contribution < 1.29 is 19.4 Å². The van der Waals surface area contributed by atoms with Gasteiger partial charge in [0.1, 0.15) is 17.5 Å². The van der Waals surface area contributed by atoms with Gasteiger partial charge in [0.05, 0.1) is 18.0 Å². The van der Waals surface area contributed by atoms with E-state index in [0.717, 1.165) is 0 Å². The molecule has 2 aromatic carbocycles. The number of para-hydroxylation sites is 1. The van der Waals surface area contributed by atoms with Crippen molar-refractivity contribution in [3.8, 4) is 5.75 Å². The smallest absolute Gasteiger partial charge is 0.354 e. The van der Waals surface area contributed by atoms with Crippen LogP contribution in [0.15, 0.2) is 53.6 Å². The van der Waals surface area contributed by atoms with Gasteiger partial charge in [-0.2, -0.15) is 5.10 Å². The second-order valence-electron chi connectivity index (χ2n) is 5.82. The maximum absolute atomic E-state index is 12.9. The lowest BCUT2D eigenvalue weighted by molar-refractivity contribution is -0.135. The van der Waals surface area contributed by atoms with Gasteiger partial charge in [-0.15, -0.1) is 0 Å². The molecule has 1 heterocycles. The Morgan fingerprint density at radius 1 is 1.30 bits per heavy atom. The van der Waals surface area contributed by atoms with Crippen LogP contribution < -0.4 is 10.3 Å². The van der Waals surface area contributed by atoms with Crippen LogP contribution in [0.25, 0.3) is 0 Å². The monoisotopic (exact) mass is 387 g/mol. The molecule has 8 heteroatoms. The highest BCUT2D eigenvalue weighted by Crippen LogP contribution is 2.29. The molecule has 1 unspecified atom stereocenters. The van der Waals surface area contributed by atoms with Crippen molar-refractivity contribution in [3.63, 3.8) is 0 Å². The maximum Gasteiger partial charge on any atom is 0.354 e. The van der Waals surface area contributed by atoms with Crippen LogP contribution in [-0.4, -0.2) is 35.3 Å². The normalized spacial score (nSPS) is 16.0. The fourth-order valence-corrected chi connectivity index (χ4v) is 2.87. The van der Waals surface area contributed by atoms with Crippen LogP contribution in [0.5, 0.6) is 5.75 Å². The SMILES string of the molecule is CCOC(=O)C1=NN(c2ccccc2)C(C(=O)Nc2cc(Cl)ccc2O)C1. The summed E-state index contributed by atoms with van der Waals surface area (Å²) in [5.74, 6) is -1.10. The highest BCUT2D eigenvalue weighted by molar-refractivity contribution is 6.38. The average Bonchev–Trinajstić information content (AvgIpc) is 3.11. The van der Waals surface area contributed by atoms with E-state index in [0.29, 0.717) is 10.7 Å². The lowest BCUT2D eigenvalue weighted by Crippen LogP contribution is -2.38. The number of hydrogen-bond donors (Lipinski definition) is 2. The molecule has 27 heavy (non-hydrogen) atoms. The molecular formula is C19H18ClN3O4. The second-order valence-corrected chi connectivity index (χ2v) is 6.25. The first-order chi connectivity index (χ1) is 13.0. The molecule has 0 bridgehead atoms. The molecule has 1 amide bonds. The predicted octanol–water partition coefficient (Wildman–Crippen LogP) is 3.18. The molecule has 1 aliphatic heterocycles. The molecule has 7 nitrogen and oxygen atoms in total. The number of rotatable bonds is 5. The van der Waals surface area contributed by atoms with Gasteiger partial charge in [-0.05, 0) is 37.3 Å². The Labute approximate surface area is 161 Å². The van der Waals surface area contributed by atoms with Gasteiger partial charge in [-0.25, -0.2) is 4.79 Å². The molecule has 0 aromatic heterocycles. The summed E-state index contributed by atoms with van der Waals surface area (Å²) in [6.07, 6.45) is 0.0842. The standard InChI is InChI=1S/C19H18ClN3O4/c1-2-27-19(26)15-11-16(23(22-15)13-6-4-3-5-7-13)18(25)21-14-10-12(20)8-9-17(14)24/h3-10,16,24H,2,11H2,1H3,(H,21,25). The van der Waals surface area contributed by atoms with Gasteiger partial charge in [0.15, 0.2) is 0 Å². The Hall–Kier alpha value is -3.06. The van der Waals surface area contributed by atoms with Gasteiger partial charge in [0, 0.05) is 11.4 Å². The molecule has 3 rings (SSSR count). The number of hydrogen-bond acceptors (Lipinski definition) is 6. The van der Waals surface area contributed by atoms with Crippen molar-refractivity contribution in [2.45, 2.75) is 19.4 Å². The van der Waals surface area contributed by atoms with E-state index in [1.165, 1.54) is 23.2 Å². The van der Waals surface area contributed by atoms with E-state index < -0.39 is 17.9 Å². The van der Waals surface area contributed by atoms with Crippen LogP contribution in [0.4, 0.5) is 11.4 Å². The zero-order valence-corrected chi connectivity index (χ0v) is 15.3. The molecular weight excluding hydrogens is 370 g/mol. The minimum Gasteiger partial charge on any atom is -0.506 e. The number of aromatic hydroxyl groups is 1. The number of halogens is 1. The Balaban J connectivity index is 1.86. The average molecular weight is 388 g/mol. The third-order valence-corrected chi connectivity index (χ3v) is 4.20. The van der Waals surface area contributed by atoms with Crippen LogP contribution in [0.2, 0.25) is 5.02 Å². The Morgan fingerprint density at radius 2 is 2.04 bits per heavy atom.